The van der Waals surface area contributed by atoms with Crippen LogP contribution in [-0.4, -0.2) is 42.7 Å². The Morgan fingerprint density at radius 3 is 2.57 bits per heavy atom. The third-order valence-electron chi connectivity index (χ3n) is 5.74. The maximum atomic E-state index is 6.14. The van der Waals surface area contributed by atoms with Gasteiger partial charge in [-0.1, -0.05) is 43.0 Å². The quantitative estimate of drug-likeness (QED) is 0.910. The topological polar surface area (TPSA) is 24.5 Å². The molecule has 0 aromatic heterocycles. The van der Waals surface area contributed by atoms with Crippen LogP contribution in [0, 0.1) is 0 Å². The molecule has 126 valence electrons. The highest BCUT2D eigenvalue weighted by Crippen LogP contribution is 2.31. The van der Waals surface area contributed by atoms with Gasteiger partial charge in [-0.25, -0.2) is 0 Å². The molecule has 4 heteroatoms. The number of hydrogen-bond acceptors (Lipinski definition) is 3. The lowest BCUT2D eigenvalue weighted by molar-refractivity contribution is -0.0502. The first kappa shape index (κ1) is 15.9. The minimum absolute atomic E-state index is 0.192. The largest absolute Gasteiger partial charge is 0.371 e. The maximum Gasteiger partial charge on any atom is 0.0952 e. The number of fused-ring (bicyclic) bond motifs is 1. The van der Waals surface area contributed by atoms with Crippen molar-refractivity contribution >= 4 is 11.6 Å². The third kappa shape index (κ3) is 3.74. The second kappa shape index (κ2) is 7.10. The minimum Gasteiger partial charge on any atom is -0.371 e. The number of morpholine rings is 1. The van der Waals surface area contributed by atoms with Gasteiger partial charge in [0, 0.05) is 36.2 Å². The van der Waals surface area contributed by atoms with Gasteiger partial charge in [0.1, 0.15) is 0 Å². The Labute approximate surface area is 144 Å². The van der Waals surface area contributed by atoms with E-state index < -0.39 is 0 Å². The third-order valence-corrected chi connectivity index (χ3v) is 5.99. The molecule has 3 fully saturated rings. The zero-order valence-corrected chi connectivity index (χ0v) is 14.5. The lowest BCUT2D eigenvalue weighted by Gasteiger charge is -2.35. The van der Waals surface area contributed by atoms with Crippen molar-refractivity contribution in [2.45, 2.75) is 62.8 Å². The van der Waals surface area contributed by atoms with Crippen LogP contribution in [0.3, 0.4) is 0 Å². The molecular weight excluding hydrogens is 308 g/mol. The molecular formula is C19H27ClN2O. The molecule has 4 rings (SSSR count). The Balaban J connectivity index is 1.33. The zero-order valence-electron chi connectivity index (χ0n) is 13.7. The van der Waals surface area contributed by atoms with Gasteiger partial charge in [0.25, 0.3) is 0 Å². The fraction of sp³-hybridized carbons (Fsp3) is 0.684. The first-order valence-electron chi connectivity index (χ1n) is 9.15. The summed E-state index contributed by atoms with van der Waals surface area (Å²) in [6, 6.07) is 10.1. The monoisotopic (exact) mass is 334 g/mol. The second-order valence-electron chi connectivity index (χ2n) is 7.42. The predicted octanol–water partition coefficient (Wildman–Crippen LogP) is 3.78. The normalized spacial score (nSPS) is 32.8. The van der Waals surface area contributed by atoms with Crippen molar-refractivity contribution in [3.8, 4) is 0 Å². The van der Waals surface area contributed by atoms with Crippen LogP contribution in [0.2, 0.25) is 5.02 Å². The van der Waals surface area contributed by atoms with Gasteiger partial charge in [0.05, 0.1) is 12.7 Å². The number of hydrogen-bond donors (Lipinski definition) is 1. The van der Waals surface area contributed by atoms with Crippen LogP contribution in [0.15, 0.2) is 24.3 Å². The van der Waals surface area contributed by atoms with Crippen molar-refractivity contribution in [1.82, 2.24) is 10.2 Å². The van der Waals surface area contributed by atoms with E-state index in [9.17, 15) is 0 Å². The van der Waals surface area contributed by atoms with Gasteiger partial charge in [0.15, 0.2) is 0 Å². The average Bonchev–Trinajstić information content (AvgIpc) is 2.98. The van der Waals surface area contributed by atoms with Crippen LogP contribution >= 0.6 is 11.6 Å². The number of nitrogens with zero attached hydrogens (tertiary/aromatic N) is 1. The van der Waals surface area contributed by atoms with Crippen LogP contribution in [-0.2, 0) is 4.74 Å². The summed E-state index contributed by atoms with van der Waals surface area (Å²) in [7, 11) is 0. The number of halogens is 1. The summed E-state index contributed by atoms with van der Waals surface area (Å²) < 4.78 is 6.14. The Morgan fingerprint density at radius 2 is 1.78 bits per heavy atom. The molecule has 0 unspecified atom stereocenters. The highest BCUT2D eigenvalue weighted by atomic mass is 35.5. The summed E-state index contributed by atoms with van der Waals surface area (Å²) in [5, 5.41) is 4.71. The van der Waals surface area contributed by atoms with Crippen molar-refractivity contribution in [1.29, 1.82) is 0 Å². The number of benzene rings is 1. The van der Waals surface area contributed by atoms with E-state index in [0.29, 0.717) is 12.1 Å². The van der Waals surface area contributed by atoms with Crippen LogP contribution in [0.1, 0.15) is 50.2 Å². The average molecular weight is 335 g/mol. The SMILES string of the molecule is Clc1ccc([C@H]2CN3C[C@@H](NC4CCCCC4)C[C@H]3CO2)cc1. The number of rotatable bonds is 3. The fourth-order valence-corrected chi connectivity index (χ4v) is 4.60. The van der Waals surface area contributed by atoms with E-state index in [0.717, 1.165) is 24.2 Å². The fourth-order valence-electron chi connectivity index (χ4n) is 4.48. The number of nitrogens with one attached hydrogen (secondary N) is 1. The lowest BCUT2D eigenvalue weighted by atomic mass is 9.94. The molecule has 23 heavy (non-hydrogen) atoms. The van der Waals surface area contributed by atoms with Gasteiger partial charge >= 0.3 is 0 Å². The van der Waals surface area contributed by atoms with E-state index in [1.165, 1.54) is 50.6 Å². The molecule has 1 aromatic rings. The van der Waals surface area contributed by atoms with E-state index in [1.807, 2.05) is 12.1 Å². The molecule has 2 aliphatic heterocycles. The van der Waals surface area contributed by atoms with Gasteiger partial charge in [-0.15, -0.1) is 0 Å². The van der Waals surface area contributed by atoms with Crippen molar-refractivity contribution in [2.75, 3.05) is 19.7 Å². The second-order valence-corrected chi connectivity index (χ2v) is 7.85. The van der Waals surface area contributed by atoms with Crippen LogP contribution < -0.4 is 5.32 Å². The first-order chi connectivity index (χ1) is 11.3. The smallest absolute Gasteiger partial charge is 0.0952 e. The van der Waals surface area contributed by atoms with Crippen LogP contribution in [0.25, 0.3) is 0 Å². The van der Waals surface area contributed by atoms with Crippen molar-refractivity contribution < 1.29 is 4.74 Å². The molecule has 1 N–H and O–H groups in total. The highest BCUT2D eigenvalue weighted by molar-refractivity contribution is 6.30. The van der Waals surface area contributed by atoms with Gasteiger partial charge in [-0.3, -0.25) is 4.90 Å². The first-order valence-corrected chi connectivity index (χ1v) is 9.53. The highest BCUT2D eigenvalue weighted by Gasteiger charge is 2.38. The van der Waals surface area contributed by atoms with E-state index in [-0.39, 0.29) is 6.10 Å². The summed E-state index contributed by atoms with van der Waals surface area (Å²) >= 11 is 5.99. The van der Waals surface area contributed by atoms with Crippen molar-refractivity contribution in [2.24, 2.45) is 0 Å². The van der Waals surface area contributed by atoms with E-state index in [4.69, 9.17) is 16.3 Å². The summed E-state index contributed by atoms with van der Waals surface area (Å²) in [6.07, 6.45) is 8.39. The molecule has 3 aliphatic rings. The van der Waals surface area contributed by atoms with Gasteiger partial charge in [-0.2, -0.15) is 0 Å². The van der Waals surface area contributed by atoms with Crippen LogP contribution in [0.4, 0.5) is 0 Å². The van der Waals surface area contributed by atoms with Crippen molar-refractivity contribution in [3.05, 3.63) is 34.9 Å². The lowest BCUT2D eigenvalue weighted by Crippen LogP contribution is -2.43. The summed E-state index contributed by atoms with van der Waals surface area (Å²) in [5.41, 5.74) is 1.25. The molecule has 1 aromatic carbocycles. The predicted molar refractivity (Wildman–Crippen MR) is 93.9 cm³/mol. The van der Waals surface area contributed by atoms with Crippen molar-refractivity contribution in [3.63, 3.8) is 0 Å². The van der Waals surface area contributed by atoms with E-state index in [1.54, 1.807) is 0 Å². The van der Waals surface area contributed by atoms with Crippen LogP contribution in [0.5, 0.6) is 0 Å². The van der Waals surface area contributed by atoms with Gasteiger partial charge in [0.2, 0.25) is 0 Å². The molecule has 0 bridgehead atoms. The number of ether oxygens (including phenoxy) is 1. The molecule has 1 saturated carbocycles. The Morgan fingerprint density at radius 1 is 1.00 bits per heavy atom. The Kier molecular flexibility index (Phi) is 4.91. The summed E-state index contributed by atoms with van der Waals surface area (Å²) in [4.78, 5) is 2.63. The minimum atomic E-state index is 0.192. The molecule has 0 spiro atoms. The molecule has 1 aliphatic carbocycles. The summed E-state index contributed by atoms with van der Waals surface area (Å²) in [5.74, 6) is 0. The molecule has 0 amide bonds. The molecule has 2 saturated heterocycles. The molecule has 3 nitrogen and oxygen atoms in total. The molecule has 3 atom stereocenters. The summed E-state index contributed by atoms with van der Waals surface area (Å²) in [6.45, 7) is 3.04. The Hall–Kier alpha value is -0.610. The Bertz CT molecular complexity index is 515. The van der Waals surface area contributed by atoms with Gasteiger partial charge < -0.3 is 10.1 Å². The van der Waals surface area contributed by atoms with E-state index >= 15 is 0 Å². The maximum absolute atomic E-state index is 6.14. The zero-order chi connectivity index (χ0) is 15.6. The van der Waals surface area contributed by atoms with Gasteiger partial charge in [-0.05, 0) is 37.0 Å². The standard InChI is InChI=1S/C19H27ClN2O/c20-15-8-6-14(7-9-15)19-12-22-11-17(10-18(22)13-23-19)21-16-4-2-1-3-5-16/h6-9,16-19,21H,1-5,10-13H2/t17-,18-,19+/m0/s1. The molecule has 0 radical (unpaired) electrons. The van der Waals surface area contributed by atoms with E-state index in [2.05, 4.69) is 22.3 Å². The molecule has 2 heterocycles.